The third-order valence-corrected chi connectivity index (χ3v) is 2.90. The average molecular weight is 264 g/mol. The van der Waals surface area contributed by atoms with E-state index in [1.807, 2.05) is 6.07 Å². The van der Waals surface area contributed by atoms with Crippen molar-refractivity contribution < 1.29 is 18.7 Å². The minimum absolute atomic E-state index is 0.0283. The van der Waals surface area contributed by atoms with Crippen LogP contribution in [-0.4, -0.2) is 43.7 Å². The lowest BCUT2D eigenvalue weighted by atomic mass is 10.1. The van der Waals surface area contributed by atoms with Gasteiger partial charge in [-0.15, -0.1) is 0 Å². The fourth-order valence-corrected chi connectivity index (χ4v) is 1.88. The van der Waals surface area contributed by atoms with E-state index in [0.29, 0.717) is 12.3 Å². The molecule has 0 N–H and O–H groups in total. The van der Waals surface area contributed by atoms with Crippen LogP contribution in [0.25, 0.3) is 0 Å². The molecule has 1 heterocycles. The van der Waals surface area contributed by atoms with E-state index in [0.717, 1.165) is 6.07 Å². The summed E-state index contributed by atoms with van der Waals surface area (Å²) in [6, 6.07) is 6.01. The van der Waals surface area contributed by atoms with Crippen LogP contribution in [0.3, 0.4) is 0 Å². The lowest BCUT2D eigenvalue weighted by molar-refractivity contribution is 0.00326. The first-order valence-electron chi connectivity index (χ1n) is 5.79. The smallest absolute Gasteiger partial charge is 0.257 e. The summed E-state index contributed by atoms with van der Waals surface area (Å²) in [5.41, 5.74) is -0.0283. The number of nitriles is 1. The molecule has 0 aromatic heterocycles. The molecule has 1 aliphatic rings. The van der Waals surface area contributed by atoms with Gasteiger partial charge in [0.2, 0.25) is 0 Å². The Morgan fingerprint density at radius 1 is 1.63 bits per heavy atom. The van der Waals surface area contributed by atoms with E-state index in [4.69, 9.17) is 14.7 Å². The molecule has 100 valence electrons. The van der Waals surface area contributed by atoms with Crippen molar-refractivity contribution in [1.29, 1.82) is 5.26 Å². The van der Waals surface area contributed by atoms with E-state index >= 15 is 0 Å². The van der Waals surface area contributed by atoms with E-state index in [-0.39, 0.29) is 18.7 Å². The number of rotatable bonds is 2. The van der Waals surface area contributed by atoms with Gasteiger partial charge >= 0.3 is 0 Å². The number of morpholine rings is 1. The normalized spacial score (nSPS) is 18.8. The third kappa shape index (κ3) is 2.83. The Bertz CT molecular complexity index is 527. The maximum atomic E-state index is 13.8. The van der Waals surface area contributed by atoms with Crippen molar-refractivity contribution in [2.24, 2.45) is 0 Å². The molecule has 1 aromatic rings. The molecule has 1 unspecified atom stereocenters. The molecule has 1 aliphatic heterocycles. The number of carbonyl (C=O) groups is 1. The van der Waals surface area contributed by atoms with Gasteiger partial charge in [-0.1, -0.05) is 0 Å². The fourth-order valence-electron chi connectivity index (χ4n) is 1.88. The number of hydrogen-bond acceptors (Lipinski definition) is 4. The first-order valence-corrected chi connectivity index (χ1v) is 5.79. The Labute approximate surface area is 110 Å². The molecule has 1 aromatic carbocycles. The first-order chi connectivity index (χ1) is 9.15. The zero-order valence-corrected chi connectivity index (χ0v) is 10.4. The Kier molecular flexibility index (Phi) is 3.97. The van der Waals surface area contributed by atoms with Gasteiger partial charge in [0.25, 0.3) is 5.91 Å². The van der Waals surface area contributed by atoms with Gasteiger partial charge in [-0.3, -0.25) is 4.79 Å². The van der Waals surface area contributed by atoms with Gasteiger partial charge in [-0.25, -0.2) is 4.39 Å². The highest BCUT2D eigenvalue weighted by Gasteiger charge is 2.26. The number of amides is 1. The predicted octanol–water partition coefficient (Wildman–Crippen LogP) is 1.20. The minimum atomic E-state index is -0.654. The van der Waals surface area contributed by atoms with Crippen molar-refractivity contribution >= 4 is 5.91 Å². The summed E-state index contributed by atoms with van der Waals surface area (Å²) in [6.07, 6.45) is -0.654. The highest BCUT2D eigenvalue weighted by Crippen LogP contribution is 2.18. The maximum Gasteiger partial charge on any atom is 0.257 e. The van der Waals surface area contributed by atoms with Gasteiger partial charge < -0.3 is 14.4 Å². The number of hydrogen-bond donors (Lipinski definition) is 0. The second kappa shape index (κ2) is 5.67. The number of benzene rings is 1. The average Bonchev–Trinajstić information content (AvgIpc) is 2.46. The lowest BCUT2D eigenvalue weighted by Crippen LogP contribution is -2.45. The van der Waals surface area contributed by atoms with Gasteiger partial charge in [0.1, 0.15) is 11.6 Å². The summed E-state index contributed by atoms with van der Waals surface area (Å²) in [5.74, 6) is -0.723. The highest BCUT2D eigenvalue weighted by atomic mass is 19.1. The van der Waals surface area contributed by atoms with Crippen LogP contribution in [-0.2, 0) is 4.74 Å². The van der Waals surface area contributed by atoms with Gasteiger partial charge in [0.15, 0.2) is 6.10 Å². The zero-order chi connectivity index (χ0) is 13.8. The largest absolute Gasteiger partial charge is 0.497 e. The van der Waals surface area contributed by atoms with Crippen molar-refractivity contribution in [2.45, 2.75) is 6.10 Å². The third-order valence-electron chi connectivity index (χ3n) is 2.90. The molecule has 1 amide bonds. The second-order valence-corrected chi connectivity index (χ2v) is 4.09. The van der Waals surface area contributed by atoms with E-state index in [9.17, 15) is 9.18 Å². The van der Waals surface area contributed by atoms with Crippen LogP contribution < -0.4 is 4.74 Å². The van der Waals surface area contributed by atoms with Crippen molar-refractivity contribution in [1.82, 2.24) is 4.90 Å². The number of methoxy groups -OCH3 is 1. The SMILES string of the molecule is COc1ccc(C(=O)N2CCOC(C#N)C2)c(F)c1. The molecule has 5 nitrogen and oxygen atoms in total. The van der Waals surface area contributed by atoms with Crippen LogP contribution in [0.5, 0.6) is 5.75 Å². The van der Waals surface area contributed by atoms with Crippen molar-refractivity contribution in [3.05, 3.63) is 29.6 Å². The van der Waals surface area contributed by atoms with Crippen LogP contribution in [0.1, 0.15) is 10.4 Å². The second-order valence-electron chi connectivity index (χ2n) is 4.09. The highest BCUT2D eigenvalue weighted by molar-refractivity contribution is 5.94. The number of ether oxygens (including phenoxy) is 2. The summed E-state index contributed by atoms with van der Waals surface area (Å²) in [4.78, 5) is 13.6. The van der Waals surface area contributed by atoms with Gasteiger partial charge in [0, 0.05) is 12.6 Å². The molecule has 6 heteroatoms. The first kappa shape index (κ1) is 13.3. The van der Waals surface area contributed by atoms with Gasteiger partial charge in [-0.05, 0) is 12.1 Å². The molecular weight excluding hydrogens is 251 g/mol. The number of nitrogens with zero attached hydrogens (tertiary/aromatic N) is 2. The summed E-state index contributed by atoms with van der Waals surface area (Å²) in [6.45, 7) is 0.783. The van der Waals surface area contributed by atoms with Crippen LogP contribution >= 0.6 is 0 Å². The molecule has 2 rings (SSSR count). The molecule has 19 heavy (non-hydrogen) atoms. The quantitative estimate of drug-likeness (QED) is 0.805. The van der Waals surface area contributed by atoms with Crippen LogP contribution in [0.2, 0.25) is 0 Å². The van der Waals surface area contributed by atoms with E-state index in [2.05, 4.69) is 0 Å². The van der Waals surface area contributed by atoms with Crippen LogP contribution in [0.4, 0.5) is 4.39 Å². The van der Waals surface area contributed by atoms with Crippen LogP contribution in [0, 0.1) is 17.1 Å². The summed E-state index contributed by atoms with van der Waals surface area (Å²) < 4.78 is 23.8. The van der Waals surface area contributed by atoms with E-state index < -0.39 is 17.8 Å². The predicted molar refractivity (Wildman–Crippen MR) is 64.2 cm³/mol. The van der Waals surface area contributed by atoms with E-state index in [1.165, 1.54) is 24.1 Å². The summed E-state index contributed by atoms with van der Waals surface area (Å²) in [5, 5.41) is 8.78. The Balaban J connectivity index is 2.17. The summed E-state index contributed by atoms with van der Waals surface area (Å²) >= 11 is 0. The Morgan fingerprint density at radius 3 is 3.05 bits per heavy atom. The molecule has 0 radical (unpaired) electrons. The zero-order valence-electron chi connectivity index (χ0n) is 10.4. The van der Waals surface area contributed by atoms with Crippen molar-refractivity contribution in [2.75, 3.05) is 26.8 Å². The van der Waals surface area contributed by atoms with Crippen molar-refractivity contribution in [3.63, 3.8) is 0 Å². The van der Waals surface area contributed by atoms with Gasteiger partial charge in [-0.2, -0.15) is 5.26 Å². The molecule has 1 fully saturated rings. The topological polar surface area (TPSA) is 62.6 Å². The lowest BCUT2D eigenvalue weighted by Gasteiger charge is -2.29. The summed E-state index contributed by atoms with van der Waals surface area (Å²) in [7, 11) is 1.43. The molecule has 1 atom stereocenters. The molecule has 0 saturated carbocycles. The van der Waals surface area contributed by atoms with E-state index in [1.54, 1.807) is 0 Å². The molecule has 1 saturated heterocycles. The fraction of sp³-hybridized carbons (Fsp3) is 0.385. The molecule has 0 aliphatic carbocycles. The van der Waals surface area contributed by atoms with Crippen molar-refractivity contribution in [3.8, 4) is 11.8 Å². The molecule has 0 spiro atoms. The standard InChI is InChI=1S/C13H13FN2O3/c1-18-9-2-3-11(12(14)6-9)13(17)16-4-5-19-10(7-15)8-16/h2-3,6,10H,4-5,8H2,1H3. The number of carbonyl (C=O) groups excluding carboxylic acids is 1. The molecular formula is C13H13FN2O3. The minimum Gasteiger partial charge on any atom is -0.497 e. The Morgan fingerprint density at radius 2 is 2.42 bits per heavy atom. The maximum absolute atomic E-state index is 13.8. The molecule has 0 bridgehead atoms. The monoisotopic (exact) mass is 264 g/mol. The van der Waals surface area contributed by atoms with Crippen LogP contribution in [0.15, 0.2) is 18.2 Å². The van der Waals surface area contributed by atoms with Gasteiger partial charge in [0.05, 0.1) is 31.9 Å². The number of halogens is 1. The Hall–Kier alpha value is -2.13.